The molecule has 88 valence electrons. The summed E-state index contributed by atoms with van der Waals surface area (Å²) in [6, 6.07) is 4.28. The van der Waals surface area contributed by atoms with Gasteiger partial charge in [0.2, 0.25) is 0 Å². The molecule has 5 nitrogen and oxygen atoms in total. The number of carboxylic acids is 1. The largest absolute Gasteiger partial charge is 0.487 e. The first-order chi connectivity index (χ1) is 8.16. The standard InChI is InChI=1S/C11H8ClNO4/c12-9-3-8(11(14)15)1-2-10(9)16-5-7-4-13-17-6-7/h1-4,6H,5H2,(H,14,15). The number of benzene rings is 1. The van der Waals surface area contributed by atoms with Crippen molar-refractivity contribution >= 4 is 17.6 Å². The van der Waals surface area contributed by atoms with Gasteiger partial charge in [0, 0.05) is 5.56 Å². The van der Waals surface area contributed by atoms with Crippen LogP contribution < -0.4 is 4.74 Å². The fourth-order valence-electron chi connectivity index (χ4n) is 1.21. The third-order valence-electron chi connectivity index (χ3n) is 2.06. The van der Waals surface area contributed by atoms with Crippen molar-refractivity contribution in [2.24, 2.45) is 0 Å². The van der Waals surface area contributed by atoms with Crippen LogP contribution in [0, 0.1) is 0 Å². The van der Waals surface area contributed by atoms with Crippen molar-refractivity contribution in [1.82, 2.24) is 5.16 Å². The first-order valence-electron chi connectivity index (χ1n) is 4.70. The van der Waals surface area contributed by atoms with Gasteiger partial charge in [0.05, 0.1) is 16.8 Å². The maximum absolute atomic E-state index is 10.7. The topological polar surface area (TPSA) is 72.6 Å². The van der Waals surface area contributed by atoms with Crippen LogP contribution in [0.3, 0.4) is 0 Å². The summed E-state index contributed by atoms with van der Waals surface area (Å²) in [4.78, 5) is 10.7. The Hall–Kier alpha value is -2.01. The predicted molar refractivity (Wildman–Crippen MR) is 59.2 cm³/mol. The molecule has 0 unspecified atom stereocenters. The second-order valence-electron chi connectivity index (χ2n) is 3.27. The van der Waals surface area contributed by atoms with Crippen LogP contribution in [-0.4, -0.2) is 16.2 Å². The highest BCUT2D eigenvalue weighted by molar-refractivity contribution is 6.32. The van der Waals surface area contributed by atoms with E-state index in [1.165, 1.54) is 30.7 Å². The summed E-state index contributed by atoms with van der Waals surface area (Å²) in [5, 5.41) is 12.5. The van der Waals surface area contributed by atoms with Gasteiger partial charge in [-0.15, -0.1) is 0 Å². The zero-order chi connectivity index (χ0) is 12.3. The number of aromatic nitrogens is 1. The van der Waals surface area contributed by atoms with Crippen molar-refractivity contribution in [3.8, 4) is 5.75 Å². The molecule has 0 atom stereocenters. The Morgan fingerprint density at radius 1 is 1.53 bits per heavy atom. The molecule has 2 aromatic rings. The van der Waals surface area contributed by atoms with Crippen LogP contribution in [0.25, 0.3) is 0 Å². The van der Waals surface area contributed by atoms with E-state index in [0.717, 1.165) is 5.56 Å². The Bertz CT molecular complexity index is 524. The minimum Gasteiger partial charge on any atom is -0.487 e. The maximum atomic E-state index is 10.7. The fourth-order valence-corrected chi connectivity index (χ4v) is 1.45. The van der Waals surface area contributed by atoms with Crippen molar-refractivity contribution in [2.45, 2.75) is 6.61 Å². The summed E-state index contributed by atoms with van der Waals surface area (Å²) < 4.78 is 10.0. The second kappa shape index (κ2) is 4.88. The first kappa shape index (κ1) is 11.5. The van der Waals surface area contributed by atoms with E-state index in [-0.39, 0.29) is 17.2 Å². The average Bonchev–Trinajstić information content (AvgIpc) is 2.80. The molecule has 0 aliphatic rings. The number of aromatic carboxylic acids is 1. The summed E-state index contributed by atoms with van der Waals surface area (Å²) in [6.07, 6.45) is 2.99. The zero-order valence-electron chi connectivity index (χ0n) is 8.59. The minimum atomic E-state index is -1.03. The van der Waals surface area contributed by atoms with Crippen molar-refractivity contribution in [3.05, 3.63) is 46.8 Å². The molecule has 1 aromatic heterocycles. The molecule has 1 aromatic carbocycles. The van der Waals surface area contributed by atoms with Crippen molar-refractivity contribution < 1.29 is 19.2 Å². The highest BCUT2D eigenvalue weighted by Gasteiger charge is 2.08. The van der Waals surface area contributed by atoms with Gasteiger partial charge in [0.25, 0.3) is 0 Å². The van der Waals surface area contributed by atoms with Gasteiger partial charge in [-0.05, 0) is 18.2 Å². The molecule has 0 amide bonds. The van der Waals surface area contributed by atoms with Gasteiger partial charge in [-0.2, -0.15) is 0 Å². The monoisotopic (exact) mass is 253 g/mol. The Balaban J connectivity index is 2.09. The quantitative estimate of drug-likeness (QED) is 0.907. The summed E-state index contributed by atoms with van der Waals surface area (Å²) in [6.45, 7) is 0.260. The van der Waals surface area contributed by atoms with E-state index in [1.807, 2.05) is 0 Å². The summed E-state index contributed by atoms with van der Waals surface area (Å²) in [7, 11) is 0. The number of carbonyl (C=O) groups is 1. The number of halogens is 1. The van der Waals surface area contributed by atoms with E-state index in [9.17, 15) is 4.79 Å². The minimum absolute atomic E-state index is 0.118. The van der Waals surface area contributed by atoms with Crippen molar-refractivity contribution in [1.29, 1.82) is 0 Å². The van der Waals surface area contributed by atoms with E-state index >= 15 is 0 Å². The number of ether oxygens (including phenoxy) is 1. The Morgan fingerprint density at radius 2 is 2.35 bits per heavy atom. The number of carboxylic acid groups (broad SMARTS) is 1. The van der Waals surface area contributed by atoms with Gasteiger partial charge in [-0.25, -0.2) is 4.79 Å². The van der Waals surface area contributed by atoms with Crippen molar-refractivity contribution in [2.75, 3.05) is 0 Å². The Kier molecular flexibility index (Phi) is 3.30. The molecule has 1 N–H and O–H groups in total. The molecule has 0 aliphatic carbocycles. The van der Waals surface area contributed by atoms with E-state index < -0.39 is 5.97 Å². The molecule has 0 spiro atoms. The molecular weight excluding hydrogens is 246 g/mol. The van der Waals surface area contributed by atoms with Gasteiger partial charge in [-0.1, -0.05) is 16.8 Å². The lowest BCUT2D eigenvalue weighted by molar-refractivity contribution is 0.0697. The normalized spacial score (nSPS) is 10.2. The molecule has 1 heterocycles. The van der Waals surface area contributed by atoms with E-state index in [2.05, 4.69) is 9.68 Å². The predicted octanol–water partition coefficient (Wildman–Crippen LogP) is 2.61. The van der Waals surface area contributed by atoms with Gasteiger partial charge in [0.1, 0.15) is 18.6 Å². The van der Waals surface area contributed by atoms with E-state index in [1.54, 1.807) is 0 Å². The van der Waals surface area contributed by atoms with Crippen LogP contribution in [0.1, 0.15) is 15.9 Å². The number of nitrogens with zero attached hydrogens (tertiary/aromatic N) is 1. The van der Waals surface area contributed by atoms with Crippen LogP contribution in [0.2, 0.25) is 5.02 Å². The molecule has 0 saturated carbocycles. The number of hydrogen-bond acceptors (Lipinski definition) is 4. The van der Waals surface area contributed by atoms with Crippen LogP contribution in [0.4, 0.5) is 0 Å². The molecular formula is C11H8ClNO4. The van der Waals surface area contributed by atoms with E-state index in [4.69, 9.17) is 21.4 Å². The zero-order valence-corrected chi connectivity index (χ0v) is 9.35. The smallest absolute Gasteiger partial charge is 0.335 e. The van der Waals surface area contributed by atoms with Crippen molar-refractivity contribution in [3.63, 3.8) is 0 Å². The van der Waals surface area contributed by atoms with Gasteiger partial charge < -0.3 is 14.4 Å². The third kappa shape index (κ3) is 2.76. The second-order valence-corrected chi connectivity index (χ2v) is 3.68. The Labute approximate surface area is 102 Å². The summed E-state index contributed by atoms with van der Waals surface area (Å²) in [5.41, 5.74) is 0.885. The lowest BCUT2D eigenvalue weighted by Gasteiger charge is -2.06. The van der Waals surface area contributed by atoms with Gasteiger partial charge >= 0.3 is 5.97 Å². The van der Waals surface area contributed by atoms with Crippen LogP contribution in [0.15, 0.2) is 35.2 Å². The highest BCUT2D eigenvalue weighted by atomic mass is 35.5. The molecule has 0 fully saturated rings. The first-order valence-corrected chi connectivity index (χ1v) is 5.08. The summed E-state index contributed by atoms with van der Waals surface area (Å²) in [5.74, 6) is -0.615. The lowest BCUT2D eigenvalue weighted by atomic mass is 10.2. The molecule has 0 saturated heterocycles. The van der Waals surface area contributed by atoms with Gasteiger partial charge in [0.15, 0.2) is 0 Å². The summed E-state index contributed by atoms with van der Waals surface area (Å²) >= 11 is 5.89. The number of rotatable bonds is 4. The van der Waals surface area contributed by atoms with Crippen LogP contribution in [-0.2, 0) is 6.61 Å². The van der Waals surface area contributed by atoms with E-state index in [0.29, 0.717) is 5.75 Å². The van der Waals surface area contributed by atoms with Crippen LogP contribution in [0.5, 0.6) is 5.75 Å². The molecule has 0 aliphatic heterocycles. The molecule has 0 bridgehead atoms. The lowest BCUT2D eigenvalue weighted by Crippen LogP contribution is -1.98. The molecule has 0 radical (unpaired) electrons. The average molecular weight is 254 g/mol. The third-order valence-corrected chi connectivity index (χ3v) is 2.35. The highest BCUT2D eigenvalue weighted by Crippen LogP contribution is 2.26. The Morgan fingerprint density at radius 3 is 2.94 bits per heavy atom. The SMILES string of the molecule is O=C(O)c1ccc(OCc2cnoc2)c(Cl)c1. The fraction of sp³-hybridized carbons (Fsp3) is 0.0909. The molecule has 17 heavy (non-hydrogen) atoms. The maximum Gasteiger partial charge on any atom is 0.335 e. The molecule has 2 rings (SSSR count). The molecule has 6 heteroatoms. The van der Waals surface area contributed by atoms with Gasteiger partial charge in [-0.3, -0.25) is 0 Å². The van der Waals surface area contributed by atoms with Crippen LogP contribution >= 0.6 is 11.6 Å². The number of hydrogen-bond donors (Lipinski definition) is 1.